The summed E-state index contributed by atoms with van der Waals surface area (Å²) in [5, 5.41) is 10.6. The van der Waals surface area contributed by atoms with Gasteiger partial charge in [0.2, 0.25) is 11.1 Å². The highest BCUT2D eigenvalue weighted by Gasteiger charge is 2.17. The molecule has 134 valence electrons. The number of benzene rings is 1. The minimum atomic E-state index is -0.247. The van der Waals surface area contributed by atoms with Crippen LogP contribution in [0.2, 0.25) is 0 Å². The molecule has 1 saturated carbocycles. The van der Waals surface area contributed by atoms with Gasteiger partial charge >= 0.3 is 0 Å². The second-order valence-electron chi connectivity index (χ2n) is 6.43. The molecule has 0 unspecified atom stereocenters. The monoisotopic (exact) mass is 362 g/mol. The molecule has 0 spiro atoms. The molecule has 1 aromatic carbocycles. The summed E-state index contributed by atoms with van der Waals surface area (Å²) in [6.07, 6.45) is 6.83. The van der Waals surface area contributed by atoms with E-state index in [0.29, 0.717) is 23.9 Å². The topological polar surface area (TPSA) is 70.7 Å². The maximum Gasteiger partial charge on any atom is 0.230 e. The van der Waals surface area contributed by atoms with E-state index < -0.39 is 0 Å². The molecule has 1 aliphatic rings. The number of amides is 1. The number of hydrogen-bond donors (Lipinski definition) is 2. The first kappa shape index (κ1) is 17.9. The lowest BCUT2D eigenvalue weighted by Crippen LogP contribution is -2.27. The van der Waals surface area contributed by atoms with Crippen molar-refractivity contribution in [3.63, 3.8) is 0 Å². The van der Waals surface area contributed by atoms with Gasteiger partial charge in [-0.3, -0.25) is 9.89 Å². The van der Waals surface area contributed by atoms with Crippen LogP contribution < -0.4 is 5.32 Å². The van der Waals surface area contributed by atoms with Gasteiger partial charge in [-0.25, -0.2) is 9.37 Å². The number of halogens is 1. The fraction of sp³-hybridized carbons (Fsp3) is 0.500. The molecule has 0 saturated heterocycles. The molecule has 1 fully saturated rings. The molecule has 1 aromatic heterocycles. The SMILES string of the molecule is O=C(CSc1n[nH]c(CC2CCCC2)n1)NCCc1ccc(F)cc1. The van der Waals surface area contributed by atoms with Crippen molar-refractivity contribution in [2.24, 2.45) is 5.92 Å². The number of nitrogens with one attached hydrogen (secondary N) is 2. The predicted molar refractivity (Wildman–Crippen MR) is 95.9 cm³/mol. The third-order valence-corrected chi connectivity index (χ3v) is 5.30. The Morgan fingerprint density at radius 1 is 1.28 bits per heavy atom. The Labute approximate surface area is 151 Å². The number of carbonyl (C=O) groups excluding carboxylic acids is 1. The Morgan fingerprint density at radius 3 is 2.80 bits per heavy atom. The first-order valence-corrected chi connectivity index (χ1v) is 9.73. The molecule has 1 heterocycles. The minimum absolute atomic E-state index is 0.0470. The van der Waals surface area contributed by atoms with E-state index in [1.54, 1.807) is 12.1 Å². The molecule has 2 N–H and O–H groups in total. The van der Waals surface area contributed by atoms with Gasteiger partial charge in [0.15, 0.2) is 0 Å². The smallest absolute Gasteiger partial charge is 0.230 e. The number of hydrogen-bond acceptors (Lipinski definition) is 4. The van der Waals surface area contributed by atoms with Crippen molar-refractivity contribution < 1.29 is 9.18 Å². The first-order valence-electron chi connectivity index (χ1n) is 8.74. The van der Waals surface area contributed by atoms with Crippen molar-refractivity contribution in [1.29, 1.82) is 0 Å². The molecule has 1 aliphatic carbocycles. The average Bonchev–Trinajstić information content (AvgIpc) is 3.27. The summed E-state index contributed by atoms with van der Waals surface area (Å²) >= 11 is 1.34. The Morgan fingerprint density at radius 2 is 2.04 bits per heavy atom. The van der Waals surface area contributed by atoms with Gasteiger partial charge < -0.3 is 5.32 Å². The van der Waals surface area contributed by atoms with E-state index >= 15 is 0 Å². The van der Waals surface area contributed by atoms with E-state index in [1.807, 2.05) is 0 Å². The van der Waals surface area contributed by atoms with Gasteiger partial charge in [-0.05, 0) is 30.0 Å². The standard InChI is InChI=1S/C18H23FN4OS/c19-15-7-5-13(6-8-15)9-10-20-17(24)12-25-18-21-16(22-23-18)11-14-3-1-2-4-14/h5-8,14H,1-4,9-12H2,(H,20,24)(H,21,22,23). The summed E-state index contributed by atoms with van der Waals surface area (Å²) in [6.45, 7) is 0.534. The van der Waals surface area contributed by atoms with Crippen molar-refractivity contribution in [1.82, 2.24) is 20.5 Å². The van der Waals surface area contributed by atoms with Gasteiger partial charge in [-0.15, -0.1) is 5.10 Å². The number of H-pyrrole nitrogens is 1. The number of thioether (sulfide) groups is 1. The third kappa shape index (κ3) is 5.85. The molecule has 2 aromatic rings. The Balaban J connectivity index is 1.34. The molecule has 25 heavy (non-hydrogen) atoms. The van der Waals surface area contributed by atoms with E-state index in [-0.39, 0.29) is 11.7 Å². The van der Waals surface area contributed by atoms with E-state index in [1.165, 1.54) is 49.6 Å². The van der Waals surface area contributed by atoms with Crippen molar-refractivity contribution in [3.8, 4) is 0 Å². The normalized spacial score (nSPS) is 14.8. The van der Waals surface area contributed by atoms with Gasteiger partial charge in [0, 0.05) is 13.0 Å². The fourth-order valence-corrected chi connectivity index (χ4v) is 3.75. The highest BCUT2D eigenvalue weighted by Crippen LogP contribution is 2.27. The maximum absolute atomic E-state index is 12.8. The maximum atomic E-state index is 12.8. The summed E-state index contributed by atoms with van der Waals surface area (Å²) in [6, 6.07) is 6.32. The molecule has 5 nitrogen and oxygen atoms in total. The molecule has 0 bridgehead atoms. The van der Waals surface area contributed by atoms with Crippen molar-refractivity contribution >= 4 is 17.7 Å². The summed E-state index contributed by atoms with van der Waals surface area (Å²) in [5.74, 6) is 1.65. The van der Waals surface area contributed by atoms with Gasteiger partial charge in [-0.1, -0.05) is 49.6 Å². The number of aromatic nitrogens is 3. The summed E-state index contributed by atoms with van der Waals surface area (Å²) < 4.78 is 12.8. The Hall–Kier alpha value is -1.89. The van der Waals surface area contributed by atoms with Crippen LogP contribution in [0.25, 0.3) is 0 Å². The van der Waals surface area contributed by atoms with Crippen LogP contribution in [0.3, 0.4) is 0 Å². The van der Waals surface area contributed by atoms with Crippen LogP contribution in [-0.2, 0) is 17.6 Å². The first-order chi connectivity index (χ1) is 12.2. The second-order valence-corrected chi connectivity index (χ2v) is 7.38. The largest absolute Gasteiger partial charge is 0.355 e. The van der Waals surface area contributed by atoms with Crippen molar-refractivity contribution in [3.05, 3.63) is 41.5 Å². The lowest BCUT2D eigenvalue weighted by Gasteiger charge is -2.05. The molecule has 0 radical (unpaired) electrons. The molecule has 0 aliphatic heterocycles. The molecule has 7 heteroatoms. The number of carbonyl (C=O) groups is 1. The summed E-state index contributed by atoms with van der Waals surface area (Å²) in [4.78, 5) is 16.4. The van der Waals surface area contributed by atoms with E-state index in [2.05, 4.69) is 20.5 Å². The van der Waals surface area contributed by atoms with Crippen LogP contribution in [-0.4, -0.2) is 33.4 Å². The van der Waals surface area contributed by atoms with Crippen LogP contribution >= 0.6 is 11.8 Å². The zero-order valence-electron chi connectivity index (χ0n) is 14.1. The average molecular weight is 362 g/mol. The minimum Gasteiger partial charge on any atom is -0.355 e. The van der Waals surface area contributed by atoms with Gasteiger partial charge in [0.05, 0.1) is 5.75 Å². The molecular weight excluding hydrogens is 339 g/mol. The van der Waals surface area contributed by atoms with Crippen LogP contribution in [0.5, 0.6) is 0 Å². The number of aromatic amines is 1. The van der Waals surface area contributed by atoms with Crippen LogP contribution in [0.4, 0.5) is 4.39 Å². The van der Waals surface area contributed by atoms with Gasteiger partial charge in [0.25, 0.3) is 0 Å². The predicted octanol–water partition coefficient (Wildman–Crippen LogP) is 3.13. The highest BCUT2D eigenvalue weighted by atomic mass is 32.2. The molecule has 0 atom stereocenters. The van der Waals surface area contributed by atoms with Crippen molar-refractivity contribution in [2.45, 2.75) is 43.7 Å². The zero-order valence-corrected chi connectivity index (χ0v) is 14.9. The lowest BCUT2D eigenvalue weighted by atomic mass is 10.0. The van der Waals surface area contributed by atoms with Crippen LogP contribution in [0.15, 0.2) is 29.4 Å². The number of rotatable bonds is 8. The van der Waals surface area contributed by atoms with Crippen LogP contribution in [0.1, 0.15) is 37.1 Å². The van der Waals surface area contributed by atoms with Gasteiger partial charge in [-0.2, -0.15) is 0 Å². The fourth-order valence-electron chi connectivity index (χ4n) is 3.10. The third-order valence-electron chi connectivity index (χ3n) is 4.45. The quantitative estimate of drug-likeness (QED) is 0.708. The number of nitrogens with zero attached hydrogens (tertiary/aromatic N) is 2. The van der Waals surface area contributed by atoms with Crippen LogP contribution in [0, 0.1) is 11.7 Å². The molecular formula is C18H23FN4OS. The van der Waals surface area contributed by atoms with E-state index in [9.17, 15) is 9.18 Å². The lowest BCUT2D eigenvalue weighted by molar-refractivity contribution is -0.118. The second kappa shape index (κ2) is 8.99. The van der Waals surface area contributed by atoms with Crippen molar-refractivity contribution in [2.75, 3.05) is 12.3 Å². The summed E-state index contributed by atoms with van der Waals surface area (Å²) in [5.41, 5.74) is 1.000. The molecule has 3 rings (SSSR count). The van der Waals surface area contributed by atoms with E-state index in [0.717, 1.165) is 23.7 Å². The highest BCUT2D eigenvalue weighted by molar-refractivity contribution is 7.99. The summed E-state index contributed by atoms with van der Waals surface area (Å²) in [7, 11) is 0. The Kier molecular flexibility index (Phi) is 6.44. The molecule has 1 amide bonds. The Bertz CT molecular complexity index is 683. The zero-order chi connectivity index (χ0) is 17.5. The van der Waals surface area contributed by atoms with Gasteiger partial charge in [0.1, 0.15) is 11.6 Å². The van der Waals surface area contributed by atoms with E-state index in [4.69, 9.17) is 0 Å².